The summed E-state index contributed by atoms with van der Waals surface area (Å²) in [5, 5.41) is 7.59. The van der Waals surface area contributed by atoms with Crippen molar-refractivity contribution in [1.29, 1.82) is 0 Å². The zero-order valence-corrected chi connectivity index (χ0v) is 19.3. The van der Waals surface area contributed by atoms with Crippen LogP contribution in [0.2, 0.25) is 5.02 Å². The van der Waals surface area contributed by atoms with Crippen molar-refractivity contribution in [2.75, 3.05) is 19.6 Å². The van der Waals surface area contributed by atoms with E-state index in [-0.39, 0.29) is 21.4 Å². The number of nitrogens with one attached hydrogen (secondary N) is 1. The Morgan fingerprint density at radius 3 is 2.53 bits per heavy atom. The quantitative estimate of drug-likeness (QED) is 0.698. The van der Waals surface area contributed by atoms with Crippen molar-refractivity contribution >= 4 is 27.5 Å². The average Bonchev–Trinajstić information content (AvgIpc) is 3.02. The minimum atomic E-state index is -3.63. The largest absolute Gasteiger partial charge is 0.352 e. The van der Waals surface area contributed by atoms with E-state index in [2.05, 4.69) is 10.4 Å². The lowest BCUT2D eigenvalue weighted by atomic mass is 10.1. The number of carbonyl (C=O) groups excluding carboxylic acids is 1. The third-order valence-electron chi connectivity index (χ3n) is 5.63. The molecule has 0 bridgehead atoms. The molecule has 1 amide bonds. The molecule has 1 N–H and O–H groups in total. The first-order valence-electron chi connectivity index (χ1n) is 10.4. The highest BCUT2D eigenvalue weighted by atomic mass is 35.5. The van der Waals surface area contributed by atoms with Gasteiger partial charge in [-0.15, -0.1) is 0 Å². The van der Waals surface area contributed by atoms with Crippen molar-refractivity contribution in [3.05, 3.63) is 45.7 Å². The Hall–Kier alpha value is -1.90. The second kappa shape index (κ2) is 9.49. The van der Waals surface area contributed by atoms with Crippen LogP contribution in [0.3, 0.4) is 0 Å². The summed E-state index contributed by atoms with van der Waals surface area (Å²) in [6.45, 7) is 8.25. The van der Waals surface area contributed by atoms with Crippen LogP contribution >= 0.6 is 11.6 Å². The highest BCUT2D eigenvalue weighted by molar-refractivity contribution is 7.89. The Morgan fingerprint density at radius 2 is 1.90 bits per heavy atom. The van der Waals surface area contributed by atoms with Gasteiger partial charge in [0.25, 0.3) is 5.91 Å². The van der Waals surface area contributed by atoms with E-state index in [0.717, 1.165) is 42.8 Å². The number of hydrogen-bond donors (Lipinski definition) is 1. The maximum absolute atomic E-state index is 12.9. The Kier molecular flexibility index (Phi) is 7.21. The number of benzene rings is 1. The number of amides is 1. The molecule has 0 aliphatic carbocycles. The first kappa shape index (κ1) is 22.8. The van der Waals surface area contributed by atoms with Crippen molar-refractivity contribution < 1.29 is 13.2 Å². The summed E-state index contributed by atoms with van der Waals surface area (Å²) in [5.74, 6) is -0.381. The van der Waals surface area contributed by atoms with Crippen molar-refractivity contribution in [2.45, 2.75) is 57.9 Å². The van der Waals surface area contributed by atoms with E-state index in [0.29, 0.717) is 26.1 Å². The van der Waals surface area contributed by atoms with E-state index in [4.69, 9.17) is 11.6 Å². The normalized spacial score (nSPS) is 15.3. The average molecular weight is 453 g/mol. The van der Waals surface area contributed by atoms with Crippen LogP contribution in [0.4, 0.5) is 0 Å². The van der Waals surface area contributed by atoms with Gasteiger partial charge in [0.2, 0.25) is 10.0 Å². The van der Waals surface area contributed by atoms with Gasteiger partial charge in [0, 0.05) is 31.9 Å². The van der Waals surface area contributed by atoms with Gasteiger partial charge in [-0.3, -0.25) is 9.48 Å². The summed E-state index contributed by atoms with van der Waals surface area (Å²) >= 11 is 6.21. The summed E-state index contributed by atoms with van der Waals surface area (Å²) in [6, 6.07) is 4.33. The maximum Gasteiger partial charge on any atom is 0.252 e. The highest BCUT2D eigenvalue weighted by Crippen LogP contribution is 2.25. The van der Waals surface area contributed by atoms with Crippen LogP contribution in [-0.2, 0) is 23.0 Å². The summed E-state index contributed by atoms with van der Waals surface area (Å²) in [7, 11) is -3.63. The summed E-state index contributed by atoms with van der Waals surface area (Å²) in [4.78, 5) is 12.8. The third-order valence-corrected chi connectivity index (χ3v) is 7.85. The molecule has 1 saturated heterocycles. The van der Waals surface area contributed by atoms with E-state index in [1.807, 2.05) is 25.5 Å². The first-order chi connectivity index (χ1) is 14.3. The van der Waals surface area contributed by atoms with Gasteiger partial charge in [-0.2, -0.15) is 9.40 Å². The lowest BCUT2D eigenvalue weighted by molar-refractivity contribution is 0.0954. The molecule has 2 aromatic rings. The Bertz CT molecular complexity index is 1030. The molecular weight excluding hydrogens is 424 g/mol. The molecule has 0 saturated carbocycles. The van der Waals surface area contributed by atoms with Gasteiger partial charge in [-0.1, -0.05) is 18.0 Å². The van der Waals surface area contributed by atoms with Crippen molar-refractivity contribution in [2.24, 2.45) is 0 Å². The molecule has 3 rings (SSSR count). The number of rotatable bonds is 7. The van der Waals surface area contributed by atoms with Gasteiger partial charge in [-0.05, 0) is 63.8 Å². The number of carbonyl (C=O) groups is 1. The number of aromatic nitrogens is 2. The SMILES string of the molecule is CCn1nc(C)c(CCNC(=O)c2cc(S(=O)(=O)N3CCCCC3)ccc2Cl)c1C. The van der Waals surface area contributed by atoms with Crippen molar-refractivity contribution in [1.82, 2.24) is 19.4 Å². The molecule has 9 heteroatoms. The fraction of sp³-hybridized carbons (Fsp3) is 0.524. The van der Waals surface area contributed by atoms with Crippen molar-refractivity contribution in [3.8, 4) is 0 Å². The van der Waals surface area contributed by atoms with Crippen LogP contribution < -0.4 is 5.32 Å². The molecule has 1 fully saturated rings. The number of aryl methyl sites for hydroxylation is 2. The molecule has 1 aromatic carbocycles. The van der Waals surface area contributed by atoms with Crippen molar-refractivity contribution in [3.63, 3.8) is 0 Å². The van der Waals surface area contributed by atoms with Gasteiger partial charge in [0.15, 0.2) is 0 Å². The number of sulfonamides is 1. The second-order valence-corrected chi connectivity index (χ2v) is 9.92. The lowest BCUT2D eigenvalue weighted by Crippen LogP contribution is -2.35. The molecule has 30 heavy (non-hydrogen) atoms. The molecule has 1 aliphatic rings. The summed E-state index contributed by atoms with van der Waals surface area (Å²) < 4.78 is 29.3. The Balaban J connectivity index is 1.72. The summed E-state index contributed by atoms with van der Waals surface area (Å²) in [6.07, 6.45) is 3.39. The molecule has 0 atom stereocenters. The van der Waals surface area contributed by atoms with Crippen LogP contribution in [-0.4, -0.2) is 48.0 Å². The maximum atomic E-state index is 12.9. The van der Waals surface area contributed by atoms with E-state index in [9.17, 15) is 13.2 Å². The fourth-order valence-corrected chi connectivity index (χ4v) is 5.64. The number of halogens is 1. The first-order valence-corrected chi connectivity index (χ1v) is 12.2. The van der Waals surface area contributed by atoms with Crippen LogP contribution in [0, 0.1) is 13.8 Å². The molecular formula is C21H29ClN4O3S. The minimum absolute atomic E-state index is 0.106. The van der Waals surface area contributed by atoms with E-state index in [1.165, 1.54) is 22.5 Å². The molecule has 1 aliphatic heterocycles. The van der Waals surface area contributed by atoms with Crippen LogP contribution in [0.1, 0.15) is 53.5 Å². The third kappa shape index (κ3) is 4.71. The second-order valence-electron chi connectivity index (χ2n) is 7.58. The minimum Gasteiger partial charge on any atom is -0.352 e. The number of hydrogen-bond acceptors (Lipinski definition) is 4. The van der Waals surface area contributed by atoms with Gasteiger partial charge < -0.3 is 5.32 Å². The smallest absolute Gasteiger partial charge is 0.252 e. The molecule has 0 spiro atoms. The molecule has 2 heterocycles. The standard InChI is InChI=1S/C21H29ClN4O3S/c1-4-26-16(3)18(15(2)24-26)10-11-23-21(27)19-14-17(8-9-20(19)22)30(28,29)25-12-6-5-7-13-25/h8-9,14H,4-7,10-13H2,1-3H3,(H,23,27). The van der Waals surface area contributed by atoms with Gasteiger partial charge in [-0.25, -0.2) is 8.42 Å². The van der Waals surface area contributed by atoms with Gasteiger partial charge in [0.05, 0.1) is 21.2 Å². The van der Waals surface area contributed by atoms with Crippen LogP contribution in [0.5, 0.6) is 0 Å². The molecule has 0 unspecified atom stereocenters. The zero-order chi connectivity index (χ0) is 21.9. The Morgan fingerprint density at radius 1 is 1.20 bits per heavy atom. The molecule has 1 aromatic heterocycles. The fourth-order valence-electron chi connectivity index (χ4n) is 3.89. The molecule has 0 radical (unpaired) electrons. The topological polar surface area (TPSA) is 84.3 Å². The zero-order valence-electron chi connectivity index (χ0n) is 17.7. The number of piperidine rings is 1. The number of nitrogens with zero attached hydrogens (tertiary/aromatic N) is 3. The monoisotopic (exact) mass is 452 g/mol. The predicted molar refractivity (Wildman–Crippen MR) is 117 cm³/mol. The van der Waals surface area contributed by atoms with Gasteiger partial charge >= 0.3 is 0 Å². The highest BCUT2D eigenvalue weighted by Gasteiger charge is 2.27. The Labute approximate surface area is 183 Å². The lowest BCUT2D eigenvalue weighted by Gasteiger charge is -2.26. The van der Waals surface area contributed by atoms with E-state index >= 15 is 0 Å². The van der Waals surface area contributed by atoms with E-state index < -0.39 is 10.0 Å². The molecule has 164 valence electrons. The van der Waals surface area contributed by atoms with E-state index in [1.54, 1.807) is 0 Å². The van der Waals surface area contributed by atoms with Crippen LogP contribution in [0.15, 0.2) is 23.1 Å². The molecule has 7 nitrogen and oxygen atoms in total. The van der Waals surface area contributed by atoms with Crippen LogP contribution in [0.25, 0.3) is 0 Å². The summed E-state index contributed by atoms with van der Waals surface area (Å²) in [5.41, 5.74) is 3.34. The van der Waals surface area contributed by atoms with Gasteiger partial charge in [0.1, 0.15) is 0 Å². The predicted octanol–water partition coefficient (Wildman–Crippen LogP) is 3.32.